The SMILES string of the molecule is CCCCCCCCCCCCCCCCNC(=O)CCN. The fourth-order valence-corrected chi connectivity index (χ4v) is 2.77. The van der Waals surface area contributed by atoms with E-state index in [1.165, 1.54) is 83.5 Å². The van der Waals surface area contributed by atoms with E-state index in [0.29, 0.717) is 13.0 Å². The van der Waals surface area contributed by atoms with Gasteiger partial charge in [-0.1, -0.05) is 90.4 Å². The number of nitrogens with one attached hydrogen (secondary N) is 1. The standard InChI is InChI=1S/C19H40N2O/c1-2-3-4-5-6-7-8-9-10-11-12-13-14-15-18-21-19(22)16-17-20/h2-18,20H2,1H3,(H,21,22). The predicted octanol–water partition coefficient (Wildman–Crippen LogP) is 4.93. The summed E-state index contributed by atoms with van der Waals surface area (Å²) in [4.78, 5) is 11.2. The number of hydrogen-bond acceptors (Lipinski definition) is 2. The molecule has 3 nitrogen and oxygen atoms in total. The van der Waals surface area contributed by atoms with E-state index in [1.54, 1.807) is 0 Å². The number of amides is 1. The first-order valence-electron chi connectivity index (χ1n) is 9.78. The lowest BCUT2D eigenvalue weighted by atomic mass is 10.0. The van der Waals surface area contributed by atoms with Crippen LogP contribution in [0, 0.1) is 0 Å². The Morgan fingerprint density at radius 2 is 1.14 bits per heavy atom. The second kappa shape index (κ2) is 18.5. The molecule has 0 aromatic carbocycles. The Morgan fingerprint density at radius 3 is 1.55 bits per heavy atom. The summed E-state index contributed by atoms with van der Waals surface area (Å²) in [5.74, 6) is 0.0946. The fourth-order valence-electron chi connectivity index (χ4n) is 2.77. The zero-order valence-electron chi connectivity index (χ0n) is 15.0. The number of nitrogens with two attached hydrogens (primary N) is 1. The molecule has 0 aliphatic rings. The molecule has 0 saturated carbocycles. The molecule has 0 spiro atoms. The normalized spacial score (nSPS) is 10.8. The predicted molar refractivity (Wildman–Crippen MR) is 97.0 cm³/mol. The first-order chi connectivity index (χ1) is 10.8. The van der Waals surface area contributed by atoms with Gasteiger partial charge in [-0.3, -0.25) is 4.79 Å². The van der Waals surface area contributed by atoms with Crippen molar-refractivity contribution in [3.8, 4) is 0 Å². The first-order valence-corrected chi connectivity index (χ1v) is 9.78. The molecule has 0 saturated heterocycles. The molecule has 1 amide bonds. The van der Waals surface area contributed by atoms with Crippen molar-refractivity contribution < 1.29 is 4.79 Å². The van der Waals surface area contributed by atoms with Gasteiger partial charge in [-0.2, -0.15) is 0 Å². The van der Waals surface area contributed by atoms with Crippen molar-refractivity contribution in [2.75, 3.05) is 13.1 Å². The molecule has 0 fully saturated rings. The van der Waals surface area contributed by atoms with Gasteiger partial charge in [0.15, 0.2) is 0 Å². The highest BCUT2D eigenvalue weighted by molar-refractivity contribution is 5.75. The average molecular weight is 313 g/mol. The monoisotopic (exact) mass is 312 g/mol. The van der Waals surface area contributed by atoms with E-state index in [9.17, 15) is 4.79 Å². The summed E-state index contributed by atoms with van der Waals surface area (Å²) in [6.07, 6.45) is 19.6. The maximum Gasteiger partial charge on any atom is 0.221 e. The largest absolute Gasteiger partial charge is 0.356 e. The Hall–Kier alpha value is -0.570. The summed E-state index contributed by atoms with van der Waals surface area (Å²) in [7, 11) is 0. The first kappa shape index (κ1) is 21.4. The molecule has 0 rings (SSSR count). The van der Waals surface area contributed by atoms with E-state index in [-0.39, 0.29) is 5.91 Å². The van der Waals surface area contributed by atoms with Crippen molar-refractivity contribution in [3.63, 3.8) is 0 Å². The van der Waals surface area contributed by atoms with E-state index >= 15 is 0 Å². The van der Waals surface area contributed by atoms with Crippen molar-refractivity contribution in [1.29, 1.82) is 0 Å². The van der Waals surface area contributed by atoms with Gasteiger partial charge in [0.1, 0.15) is 0 Å². The minimum Gasteiger partial charge on any atom is -0.356 e. The molecule has 0 aromatic rings. The zero-order chi connectivity index (χ0) is 16.3. The van der Waals surface area contributed by atoms with Crippen LogP contribution in [0.5, 0.6) is 0 Å². The van der Waals surface area contributed by atoms with Crippen LogP contribution in [0.4, 0.5) is 0 Å². The van der Waals surface area contributed by atoms with Crippen molar-refractivity contribution in [2.45, 2.75) is 103 Å². The van der Waals surface area contributed by atoms with Crippen LogP contribution in [-0.4, -0.2) is 19.0 Å². The minimum atomic E-state index is 0.0946. The molecule has 22 heavy (non-hydrogen) atoms. The summed E-state index contributed by atoms with van der Waals surface area (Å²) in [6.45, 7) is 3.54. The Bertz CT molecular complexity index is 231. The molecule has 3 heteroatoms. The van der Waals surface area contributed by atoms with Gasteiger partial charge < -0.3 is 11.1 Å². The average Bonchev–Trinajstić information content (AvgIpc) is 2.51. The highest BCUT2D eigenvalue weighted by Crippen LogP contribution is 2.12. The van der Waals surface area contributed by atoms with Crippen LogP contribution >= 0.6 is 0 Å². The third-order valence-corrected chi connectivity index (χ3v) is 4.22. The Kier molecular flexibility index (Phi) is 18.0. The van der Waals surface area contributed by atoms with Crippen LogP contribution in [0.15, 0.2) is 0 Å². The van der Waals surface area contributed by atoms with E-state index in [4.69, 9.17) is 5.73 Å². The molecule has 3 N–H and O–H groups in total. The lowest BCUT2D eigenvalue weighted by Crippen LogP contribution is -2.26. The lowest BCUT2D eigenvalue weighted by molar-refractivity contribution is -0.120. The Morgan fingerprint density at radius 1 is 0.727 bits per heavy atom. The maximum atomic E-state index is 11.2. The number of hydrogen-bond donors (Lipinski definition) is 2. The lowest BCUT2D eigenvalue weighted by Gasteiger charge is -2.05. The molecule has 0 atom stereocenters. The topological polar surface area (TPSA) is 55.1 Å². The summed E-state index contributed by atoms with van der Waals surface area (Å²) in [5, 5.41) is 2.91. The third-order valence-electron chi connectivity index (χ3n) is 4.22. The van der Waals surface area contributed by atoms with Gasteiger partial charge >= 0.3 is 0 Å². The second-order valence-electron chi connectivity index (χ2n) is 6.48. The van der Waals surface area contributed by atoms with Gasteiger partial charge in [0.25, 0.3) is 0 Å². The molecule has 132 valence electrons. The summed E-state index contributed by atoms with van der Waals surface area (Å²) in [6, 6.07) is 0. The molecular formula is C19H40N2O. The van der Waals surface area contributed by atoms with E-state index in [1.807, 2.05) is 0 Å². The van der Waals surface area contributed by atoms with Gasteiger partial charge in [-0.05, 0) is 6.42 Å². The van der Waals surface area contributed by atoms with Gasteiger partial charge in [0.2, 0.25) is 5.91 Å². The van der Waals surface area contributed by atoms with Gasteiger partial charge in [-0.15, -0.1) is 0 Å². The maximum absolute atomic E-state index is 11.2. The molecular weight excluding hydrogens is 272 g/mol. The molecule has 0 bridgehead atoms. The van der Waals surface area contributed by atoms with Crippen molar-refractivity contribution >= 4 is 5.91 Å². The van der Waals surface area contributed by atoms with Crippen LogP contribution in [-0.2, 0) is 4.79 Å². The molecule has 0 aliphatic carbocycles. The molecule has 0 aromatic heterocycles. The van der Waals surface area contributed by atoms with Crippen molar-refractivity contribution in [1.82, 2.24) is 5.32 Å². The number of carbonyl (C=O) groups excluding carboxylic acids is 1. The van der Waals surface area contributed by atoms with E-state index in [2.05, 4.69) is 12.2 Å². The smallest absolute Gasteiger partial charge is 0.221 e. The van der Waals surface area contributed by atoms with Crippen LogP contribution in [0.25, 0.3) is 0 Å². The quantitative estimate of drug-likeness (QED) is 0.374. The number of carbonyl (C=O) groups is 1. The highest BCUT2D eigenvalue weighted by Gasteiger charge is 1.98. The molecule has 0 unspecified atom stereocenters. The molecule has 0 aliphatic heterocycles. The van der Waals surface area contributed by atoms with Crippen LogP contribution in [0.1, 0.15) is 103 Å². The molecule has 0 heterocycles. The van der Waals surface area contributed by atoms with Gasteiger partial charge in [0, 0.05) is 19.5 Å². The molecule has 0 radical (unpaired) electrons. The summed E-state index contributed by atoms with van der Waals surface area (Å²) in [5.41, 5.74) is 5.32. The van der Waals surface area contributed by atoms with E-state index < -0.39 is 0 Å². The van der Waals surface area contributed by atoms with Crippen LogP contribution < -0.4 is 11.1 Å². The van der Waals surface area contributed by atoms with Crippen LogP contribution in [0.2, 0.25) is 0 Å². The third kappa shape index (κ3) is 17.5. The summed E-state index contributed by atoms with van der Waals surface area (Å²) >= 11 is 0. The van der Waals surface area contributed by atoms with Crippen LogP contribution in [0.3, 0.4) is 0 Å². The Labute approximate surface area is 138 Å². The highest BCUT2D eigenvalue weighted by atomic mass is 16.1. The second-order valence-corrected chi connectivity index (χ2v) is 6.48. The minimum absolute atomic E-state index is 0.0946. The van der Waals surface area contributed by atoms with Crippen molar-refractivity contribution in [3.05, 3.63) is 0 Å². The zero-order valence-corrected chi connectivity index (χ0v) is 15.0. The van der Waals surface area contributed by atoms with Gasteiger partial charge in [-0.25, -0.2) is 0 Å². The fraction of sp³-hybridized carbons (Fsp3) is 0.947. The number of rotatable bonds is 17. The van der Waals surface area contributed by atoms with E-state index in [0.717, 1.165) is 13.0 Å². The number of unbranched alkanes of at least 4 members (excludes halogenated alkanes) is 13. The van der Waals surface area contributed by atoms with Crippen molar-refractivity contribution in [2.24, 2.45) is 5.73 Å². The Balaban J connectivity index is 3.01. The summed E-state index contributed by atoms with van der Waals surface area (Å²) < 4.78 is 0. The van der Waals surface area contributed by atoms with Gasteiger partial charge in [0.05, 0.1) is 0 Å².